The maximum atomic E-state index is 12.2. The van der Waals surface area contributed by atoms with Crippen LogP contribution in [0.1, 0.15) is 6.42 Å². The van der Waals surface area contributed by atoms with Gasteiger partial charge in [0.25, 0.3) is 5.91 Å². The van der Waals surface area contributed by atoms with Crippen molar-refractivity contribution in [2.24, 2.45) is 10.7 Å². The number of anilines is 2. The fourth-order valence-electron chi connectivity index (χ4n) is 2.75. The summed E-state index contributed by atoms with van der Waals surface area (Å²) in [7, 11) is 0. The van der Waals surface area contributed by atoms with E-state index in [0.29, 0.717) is 30.9 Å². The minimum Gasteiger partial charge on any atom is -0.482 e. The molecular formula is C19H20F3IN4O3. The van der Waals surface area contributed by atoms with Crippen molar-refractivity contribution in [3.63, 3.8) is 0 Å². The normalized spacial score (nSPS) is 13.8. The predicted molar refractivity (Wildman–Crippen MR) is 118 cm³/mol. The van der Waals surface area contributed by atoms with Gasteiger partial charge in [0.2, 0.25) is 0 Å². The number of rotatable bonds is 6. The van der Waals surface area contributed by atoms with Crippen LogP contribution in [-0.4, -0.2) is 37.9 Å². The third kappa shape index (κ3) is 6.68. The second-order valence-corrected chi connectivity index (χ2v) is 6.12. The number of carbonyl (C=O) groups is 1. The monoisotopic (exact) mass is 536 g/mol. The first-order chi connectivity index (χ1) is 13.8. The highest BCUT2D eigenvalue weighted by molar-refractivity contribution is 14.0. The number of nitrogens with two attached hydrogens (primary N) is 1. The van der Waals surface area contributed by atoms with Crippen LogP contribution in [-0.2, 0) is 4.79 Å². The molecule has 3 rings (SSSR count). The highest BCUT2D eigenvalue weighted by Crippen LogP contribution is 2.31. The second-order valence-electron chi connectivity index (χ2n) is 6.12. The number of para-hydroxylation sites is 2. The molecule has 0 bridgehead atoms. The third-order valence-corrected chi connectivity index (χ3v) is 3.99. The molecule has 11 heteroatoms. The molecule has 2 aromatic rings. The van der Waals surface area contributed by atoms with Gasteiger partial charge in [-0.2, -0.15) is 0 Å². The van der Waals surface area contributed by atoms with Crippen LogP contribution >= 0.6 is 24.0 Å². The lowest BCUT2D eigenvalue weighted by Gasteiger charge is -2.29. The molecule has 0 unspecified atom stereocenters. The summed E-state index contributed by atoms with van der Waals surface area (Å²) >= 11 is 0. The van der Waals surface area contributed by atoms with E-state index in [4.69, 9.17) is 10.5 Å². The zero-order valence-corrected chi connectivity index (χ0v) is 18.0. The SMILES string of the molecule is I.NC(=NCCCN1C(=O)COc2ccccc21)Nc1ccc(OC(F)(F)F)cc1. The van der Waals surface area contributed by atoms with Gasteiger partial charge in [0.05, 0.1) is 5.69 Å². The van der Waals surface area contributed by atoms with Crippen LogP contribution in [0.3, 0.4) is 0 Å². The minimum atomic E-state index is -4.74. The molecule has 1 heterocycles. The number of nitrogens with one attached hydrogen (secondary N) is 1. The first kappa shape index (κ1) is 23.6. The van der Waals surface area contributed by atoms with E-state index >= 15 is 0 Å². The molecule has 0 atom stereocenters. The molecule has 1 aliphatic rings. The van der Waals surface area contributed by atoms with Crippen molar-refractivity contribution in [3.8, 4) is 11.5 Å². The Morgan fingerprint density at radius 2 is 1.90 bits per heavy atom. The minimum absolute atomic E-state index is 0. The van der Waals surface area contributed by atoms with Crippen LogP contribution in [0.2, 0.25) is 0 Å². The number of aliphatic imine (C=N–C) groups is 1. The van der Waals surface area contributed by atoms with Gasteiger partial charge in [-0.3, -0.25) is 9.79 Å². The van der Waals surface area contributed by atoms with Crippen LogP contribution in [0.25, 0.3) is 0 Å². The van der Waals surface area contributed by atoms with Gasteiger partial charge in [-0.1, -0.05) is 12.1 Å². The summed E-state index contributed by atoms with van der Waals surface area (Å²) in [5.41, 5.74) is 6.99. The van der Waals surface area contributed by atoms with Crippen molar-refractivity contribution >= 4 is 47.2 Å². The topological polar surface area (TPSA) is 89.2 Å². The Kier molecular flexibility index (Phi) is 8.15. The van der Waals surface area contributed by atoms with E-state index in [1.807, 2.05) is 18.2 Å². The first-order valence-electron chi connectivity index (χ1n) is 8.77. The summed E-state index contributed by atoms with van der Waals surface area (Å²) in [5, 5.41) is 2.79. The number of fused-ring (bicyclic) bond motifs is 1. The van der Waals surface area contributed by atoms with E-state index in [0.717, 1.165) is 5.69 Å². The molecule has 3 N–H and O–H groups in total. The number of nitrogens with zero attached hydrogens (tertiary/aromatic N) is 2. The lowest BCUT2D eigenvalue weighted by atomic mass is 10.2. The van der Waals surface area contributed by atoms with E-state index < -0.39 is 6.36 Å². The van der Waals surface area contributed by atoms with Gasteiger partial charge in [-0.05, 0) is 42.8 Å². The number of hydrogen-bond donors (Lipinski definition) is 2. The number of amides is 1. The summed E-state index contributed by atoms with van der Waals surface area (Å²) in [4.78, 5) is 17.9. The summed E-state index contributed by atoms with van der Waals surface area (Å²) in [6.45, 7) is 0.818. The standard InChI is InChI=1S/C19H19F3N4O3.HI/c20-19(21,22)29-14-8-6-13(7-9-14)25-18(23)24-10-3-11-26-15-4-1-2-5-16(15)28-12-17(26)27;/h1-2,4-9H,3,10-12H2,(H3,23,24,25);1H. The molecule has 162 valence electrons. The number of carbonyl (C=O) groups excluding carboxylic acids is 1. The molecule has 0 saturated carbocycles. The lowest BCUT2D eigenvalue weighted by molar-refractivity contribution is -0.274. The van der Waals surface area contributed by atoms with Gasteiger partial charge in [0.15, 0.2) is 12.6 Å². The van der Waals surface area contributed by atoms with Gasteiger partial charge in [-0.25, -0.2) is 0 Å². The van der Waals surface area contributed by atoms with Crippen molar-refractivity contribution in [2.75, 3.05) is 29.9 Å². The van der Waals surface area contributed by atoms with Gasteiger partial charge in [0, 0.05) is 18.8 Å². The molecule has 0 aliphatic carbocycles. The highest BCUT2D eigenvalue weighted by Gasteiger charge is 2.31. The van der Waals surface area contributed by atoms with E-state index in [9.17, 15) is 18.0 Å². The van der Waals surface area contributed by atoms with E-state index in [1.54, 1.807) is 11.0 Å². The molecule has 30 heavy (non-hydrogen) atoms. The second kappa shape index (κ2) is 10.4. The zero-order valence-electron chi connectivity index (χ0n) is 15.7. The van der Waals surface area contributed by atoms with Crippen LogP contribution in [0.5, 0.6) is 11.5 Å². The predicted octanol–water partition coefficient (Wildman–Crippen LogP) is 3.75. The average molecular weight is 536 g/mol. The molecular weight excluding hydrogens is 516 g/mol. The quantitative estimate of drug-likeness (QED) is 0.254. The Hall–Kier alpha value is -2.70. The Balaban J connectivity index is 0.00000320. The Labute approximate surface area is 188 Å². The summed E-state index contributed by atoms with van der Waals surface area (Å²) < 4.78 is 45.7. The average Bonchev–Trinajstić information content (AvgIpc) is 2.67. The molecule has 7 nitrogen and oxygen atoms in total. The van der Waals surface area contributed by atoms with Gasteiger partial charge < -0.3 is 25.4 Å². The van der Waals surface area contributed by atoms with E-state index in [2.05, 4.69) is 15.0 Å². The van der Waals surface area contributed by atoms with Crippen molar-refractivity contribution in [1.29, 1.82) is 0 Å². The number of halogens is 4. The number of guanidine groups is 1. The Bertz CT molecular complexity index is 891. The summed E-state index contributed by atoms with van der Waals surface area (Å²) in [5.74, 6) is 0.326. The van der Waals surface area contributed by atoms with E-state index in [-0.39, 0.29) is 48.2 Å². The van der Waals surface area contributed by atoms with Crippen molar-refractivity contribution in [3.05, 3.63) is 48.5 Å². The largest absolute Gasteiger partial charge is 0.573 e. The van der Waals surface area contributed by atoms with Gasteiger partial charge in [-0.15, -0.1) is 37.1 Å². The summed E-state index contributed by atoms with van der Waals surface area (Å²) in [6.07, 6.45) is -4.17. The Morgan fingerprint density at radius 1 is 1.20 bits per heavy atom. The van der Waals surface area contributed by atoms with Gasteiger partial charge >= 0.3 is 6.36 Å². The third-order valence-electron chi connectivity index (χ3n) is 3.99. The number of alkyl halides is 3. The molecule has 0 saturated heterocycles. The van der Waals surface area contributed by atoms with Gasteiger partial charge in [0.1, 0.15) is 11.5 Å². The van der Waals surface area contributed by atoms with Crippen LogP contribution in [0.15, 0.2) is 53.5 Å². The maximum Gasteiger partial charge on any atom is 0.573 e. The first-order valence-corrected chi connectivity index (χ1v) is 8.77. The van der Waals surface area contributed by atoms with Crippen LogP contribution in [0.4, 0.5) is 24.5 Å². The number of hydrogen-bond acceptors (Lipinski definition) is 4. The fraction of sp³-hybridized carbons (Fsp3) is 0.263. The molecule has 1 aliphatic heterocycles. The fourth-order valence-corrected chi connectivity index (χ4v) is 2.75. The molecule has 0 aromatic heterocycles. The van der Waals surface area contributed by atoms with Crippen LogP contribution in [0, 0.1) is 0 Å². The maximum absolute atomic E-state index is 12.2. The van der Waals surface area contributed by atoms with Crippen LogP contribution < -0.4 is 25.4 Å². The van der Waals surface area contributed by atoms with Crippen molar-refractivity contribution in [1.82, 2.24) is 0 Å². The highest BCUT2D eigenvalue weighted by atomic mass is 127. The Morgan fingerprint density at radius 3 is 2.60 bits per heavy atom. The van der Waals surface area contributed by atoms with Crippen molar-refractivity contribution in [2.45, 2.75) is 12.8 Å². The molecule has 2 aromatic carbocycles. The zero-order chi connectivity index (χ0) is 20.9. The summed E-state index contributed by atoms with van der Waals surface area (Å²) in [6, 6.07) is 12.4. The lowest BCUT2D eigenvalue weighted by Crippen LogP contribution is -2.39. The molecule has 0 spiro atoms. The number of benzene rings is 2. The van der Waals surface area contributed by atoms with E-state index in [1.165, 1.54) is 24.3 Å². The molecule has 0 fully saturated rings. The number of ether oxygens (including phenoxy) is 2. The van der Waals surface area contributed by atoms with Crippen molar-refractivity contribution < 1.29 is 27.4 Å². The molecule has 0 radical (unpaired) electrons. The molecule has 1 amide bonds. The smallest absolute Gasteiger partial charge is 0.482 e.